The number of amides is 1. The lowest BCUT2D eigenvalue weighted by Gasteiger charge is -2.38. The molecular formula is C25H29N3O3. The van der Waals surface area contributed by atoms with Gasteiger partial charge in [-0.25, -0.2) is 4.98 Å². The number of para-hydroxylation sites is 2. The van der Waals surface area contributed by atoms with Gasteiger partial charge in [-0.05, 0) is 43.5 Å². The van der Waals surface area contributed by atoms with Gasteiger partial charge in [0.25, 0.3) is 0 Å². The predicted molar refractivity (Wildman–Crippen MR) is 121 cm³/mol. The molecule has 6 nitrogen and oxygen atoms in total. The van der Waals surface area contributed by atoms with Crippen LogP contribution in [0.15, 0.2) is 48.5 Å². The first-order valence-corrected chi connectivity index (χ1v) is 11.1. The molecule has 0 bridgehead atoms. The van der Waals surface area contributed by atoms with Gasteiger partial charge < -0.3 is 9.30 Å². The minimum Gasteiger partial charge on any atom is -0.465 e. The quantitative estimate of drug-likeness (QED) is 0.318. The number of benzene rings is 2. The Kier molecular flexibility index (Phi) is 6.07. The molecule has 2 atom stereocenters. The van der Waals surface area contributed by atoms with Gasteiger partial charge in [-0.2, -0.15) is 0 Å². The van der Waals surface area contributed by atoms with E-state index in [4.69, 9.17) is 9.72 Å². The van der Waals surface area contributed by atoms with E-state index in [9.17, 15) is 9.59 Å². The standard InChI is InChI=1S/C25H29N3O3/c1-4-6-11-16-27-23(29)21(24(30)31-5-2)22(18-13-8-7-12-17(18)3)28-20-15-10-9-14-19(20)26-25(27)28/h7-10,12-15,21-22H,4-6,11,16H2,1-3H3/t21-,22-/m0/s1. The molecule has 2 heterocycles. The summed E-state index contributed by atoms with van der Waals surface area (Å²) in [5.74, 6) is -1.06. The largest absolute Gasteiger partial charge is 0.465 e. The van der Waals surface area contributed by atoms with Crippen LogP contribution in [0.5, 0.6) is 0 Å². The molecule has 1 aliphatic heterocycles. The number of unbranched alkanes of at least 4 members (excludes halogenated alkanes) is 2. The maximum atomic E-state index is 13.7. The van der Waals surface area contributed by atoms with Crippen LogP contribution in [0.2, 0.25) is 0 Å². The Labute approximate surface area is 182 Å². The normalized spacial score (nSPS) is 18.3. The number of hydrogen-bond acceptors (Lipinski definition) is 4. The van der Waals surface area contributed by atoms with Crippen LogP contribution >= 0.6 is 0 Å². The number of ether oxygens (including phenoxy) is 1. The van der Waals surface area contributed by atoms with Crippen molar-refractivity contribution >= 4 is 28.9 Å². The summed E-state index contributed by atoms with van der Waals surface area (Å²) < 4.78 is 7.46. The number of carbonyl (C=O) groups excluding carboxylic acids is 2. The van der Waals surface area contributed by atoms with Gasteiger partial charge in [0.2, 0.25) is 11.9 Å². The first-order valence-electron chi connectivity index (χ1n) is 11.1. The number of hydrogen-bond donors (Lipinski definition) is 0. The second-order valence-electron chi connectivity index (χ2n) is 8.00. The van der Waals surface area contributed by atoms with E-state index in [2.05, 4.69) is 11.5 Å². The van der Waals surface area contributed by atoms with E-state index < -0.39 is 17.9 Å². The smallest absolute Gasteiger partial charge is 0.321 e. The highest BCUT2D eigenvalue weighted by Crippen LogP contribution is 2.42. The third-order valence-corrected chi connectivity index (χ3v) is 5.98. The van der Waals surface area contributed by atoms with Crippen LogP contribution in [0.25, 0.3) is 11.0 Å². The molecule has 0 saturated heterocycles. The van der Waals surface area contributed by atoms with Gasteiger partial charge in [-0.15, -0.1) is 0 Å². The molecule has 1 amide bonds. The molecular weight excluding hydrogens is 390 g/mol. The SMILES string of the molecule is CCCCCN1C(=O)[C@@H](C(=O)OCC)[C@H](c2ccccc2C)n2c1nc1ccccc12. The molecule has 1 aromatic heterocycles. The summed E-state index contributed by atoms with van der Waals surface area (Å²) in [4.78, 5) is 33.4. The maximum absolute atomic E-state index is 13.7. The lowest BCUT2D eigenvalue weighted by Crippen LogP contribution is -2.50. The Morgan fingerprint density at radius 1 is 1.06 bits per heavy atom. The van der Waals surface area contributed by atoms with Crippen LogP contribution in [-0.2, 0) is 14.3 Å². The predicted octanol–water partition coefficient (Wildman–Crippen LogP) is 4.65. The lowest BCUT2D eigenvalue weighted by atomic mass is 9.87. The molecule has 0 aliphatic carbocycles. The van der Waals surface area contributed by atoms with Crippen LogP contribution in [0.1, 0.15) is 50.3 Å². The second kappa shape index (κ2) is 8.92. The van der Waals surface area contributed by atoms with Crippen LogP contribution in [-0.4, -0.2) is 34.6 Å². The molecule has 3 aromatic rings. The molecule has 4 rings (SSSR count). The van der Waals surface area contributed by atoms with Gasteiger partial charge in [-0.3, -0.25) is 14.5 Å². The monoisotopic (exact) mass is 419 g/mol. The molecule has 2 aromatic carbocycles. The minimum atomic E-state index is -0.951. The number of carbonyl (C=O) groups is 2. The fourth-order valence-corrected chi connectivity index (χ4v) is 4.48. The third kappa shape index (κ3) is 3.71. The summed E-state index contributed by atoms with van der Waals surface area (Å²) in [5, 5.41) is 0. The molecule has 0 N–H and O–H groups in total. The summed E-state index contributed by atoms with van der Waals surface area (Å²) in [5.41, 5.74) is 3.69. The number of fused-ring (bicyclic) bond motifs is 3. The highest BCUT2D eigenvalue weighted by atomic mass is 16.5. The van der Waals surface area contributed by atoms with Crippen molar-refractivity contribution in [2.75, 3.05) is 18.1 Å². The fraction of sp³-hybridized carbons (Fsp3) is 0.400. The van der Waals surface area contributed by atoms with E-state index in [-0.39, 0.29) is 12.5 Å². The molecule has 0 spiro atoms. The van der Waals surface area contributed by atoms with E-state index in [0.717, 1.165) is 41.4 Å². The first-order chi connectivity index (χ1) is 15.1. The Morgan fingerprint density at radius 2 is 1.81 bits per heavy atom. The summed E-state index contributed by atoms with van der Waals surface area (Å²) in [6.07, 6.45) is 2.91. The van der Waals surface area contributed by atoms with Crippen LogP contribution in [0.4, 0.5) is 5.95 Å². The fourth-order valence-electron chi connectivity index (χ4n) is 4.48. The molecule has 0 radical (unpaired) electrons. The Morgan fingerprint density at radius 3 is 2.55 bits per heavy atom. The number of aryl methyl sites for hydroxylation is 1. The van der Waals surface area contributed by atoms with Crippen LogP contribution in [0.3, 0.4) is 0 Å². The van der Waals surface area contributed by atoms with Crippen molar-refractivity contribution in [2.24, 2.45) is 5.92 Å². The van der Waals surface area contributed by atoms with Crippen LogP contribution < -0.4 is 4.90 Å². The number of esters is 1. The summed E-state index contributed by atoms with van der Waals surface area (Å²) in [6.45, 7) is 6.67. The molecule has 0 saturated carbocycles. The van der Waals surface area contributed by atoms with Crippen LogP contribution in [0, 0.1) is 12.8 Å². The number of aromatic nitrogens is 2. The molecule has 0 fully saturated rings. The van der Waals surface area contributed by atoms with Gasteiger partial charge in [0, 0.05) is 6.54 Å². The van der Waals surface area contributed by atoms with Gasteiger partial charge >= 0.3 is 5.97 Å². The summed E-state index contributed by atoms with van der Waals surface area (Å²) in [6, 6.07) is 15.3. The number of rotatable bonds is 7. The zero-order chi connectivity index (χ0) is 22.0. The van der Waals surface area contributed by atoms with Crippen molar-refractivity contribution in [3.8, 4) is 0 Å². The van der Waals surface area contributed by atoms with Crippen molar-refractivity contribution in [1.29, 1.82) is 0 Å². The van der Waals surface area contributed by atoms with Crippen molar-refractivity contribution in [1.82, 2.24) is 9.55 Å². The maximum Gasteiger partial charge on any atom is 0.321 e. The van der Waals surface area contributed by atoms with Gasteiger partial charge in [0.15, 0.2) is 5.92 Å². The third-order valence-electron chi connectivity index (χ3n) is 5.98. The molecule has 162 valence electrons. The minimum absolute atomic E-state index is 0.231. The highest BCUT2D eigenvalue weighted by Gasteiger charge is 2.48. The summed E-state index contributed by atoms with van der Waals surface area (Å²) in [7, 11) is 0. The van der Waals surface area contributed by atoms with Crippen molar-refractivity contribution in [2.45, 2.75) is 46.1 Å². The highest BCUT2D eigenvalue weighted by molar-refractivity contribution is 6.08. The average molecular weight is 420 g/mol. The van der Waals surface area contributed by atoms with Crippen molar-refractivity contribution in [3.63, 3.8) is 0 Å². The first kappa shape index (κ1) is 21.1. The van der Waals surface area contributed by atoms with E-state index in [1.165, 1.54) is 0 Å². The van der Waals surface area contributed by atoms with Gasteiger partial charge in [0.1, 0.15) is 0 Å². The van der Waals surface area contributed by atoms with E-state index in [0.29, 0.717) is 12.5 Å². The number of anilines is 1. The Bertz CT molecular complexity index is 1100. The van der Waals surface area contributed by atoms with Crippen molar-refractivity contribution in [3.05, 3.63) is 59.7 Å². The zero-order valence-corrected chi connectivity index (χ0v) is 18.4. The Balaban J connectivity index is 1.96. The van der Waals surface area contributed by atoms with E-state index in [1.54, 1.807) is 11.8 Å². The molecule has 1 aliphatic rings. The average Bonchev–Trinajstić information content (AvgIpc) is 3.14. The molecule has 0 unspecified atom stereocenters. The topological polar surface area (TPSA) is 64.4 Å². The Hall–Kier alpha value is -3.15. The lowest BCUT2D eigenvalue weighted by molar-refractivity contribution is -0.153. The molecule has 6 heteroatoms. The second-order valence-corrected chi connectivity index (χ2v) is 8.00. The molecule has 31 heavy (non-hydrogen) atoms. The number of nitrogens with zero attached hydrogens (tertiary/aromatic N) is 3. The van der Waals surface area contributed by atoms with Crippen molar-refractivity contribution < 1.29 is 14.3 Å². The van der Waals surface area contributed by atoms with Gasteiger partial charge in [0.05, 0.1) is 23.7 Å². The van der Waals surface area contributed by atoms with Gasteiger partial charge in [-0.1, -0.05) is 56.2 Å². The number of imidazole rings is 1. The van der Waals surface area contributed by atoms with E-state index in [1.807, 2.05) is 55.5 Å². The summed E-state index contributed by atoms with van der Waals surface area (Å²) >= 11 is 0. The zero-order valence-electron chi connectivity index (χ0n) is 18.4. The van der Waals surface area contributed by atoms with E-state index >= 15 is 0 Å².